The molecule has 0 amide bonds. The Hall–Kier alpha value is -1.29. The molecule has 0 atom stereocenters. The first-order valence-corrected chi connectivity index (χ1v) is 7.38. The Morgan fingerprint density at radius 1 is 1.21 bits per heavy atom. The highest BCUT2D eigenvalue weighted by atomic mass is 16.3. The molecule has 1 aromatic heterocycles. The lowest BCUT2D eigenvalue weighted by molar-refractivity contribution is 0.172. The van der Waals surface area contributed by atoms with E-state index in [1.165, 1.54) is 19.3 Å². The first-order chi connectivity index (χ1) is 9.28. The molecule has 2 rings (SSSR count). The van der Waals surface area contributed by atoms with Crippen molar-refractivity contribution in [3.63, 3.8) is 0 Å². The van der Waals surface area contributed by atoms with Crippen molar-refractivity contribution in [3.8, 4) is 0 Å². The number of nitrogens with one attached hydrogen (secondary N) is 2. The van der Waals surface area contributed by atoms with E-state index in [-0.39, 0.29) is 12.1 Å². The van der Waals surface area contributed by atoms with Crippen LogP contribution in [0.1, 0.15) is 45.4 Å². The van der Waals surface area contributed by atoms with Gasteiger partial charge in [0, 0.05) is 6.54 Å². The number of aliphatic hydroxyl groups excluding tert-OH is 1. The van der Waals surface area contributed by atoms with E-state index < -0.39 is 0 Å². The third-order valence-corrected chi connectivity index (χ3v) is 3.81. The third-order valence-electron chi connectivity index (χ3n) is 3.81. The fourth-order valence-electron chi connectivity index (χ4n) is 2.68. The number of anilines is 2. The van der Waals surface area contributed by atoms with Gasteiger partial charge in [-0.05, 0) is 31.4 Å². The van der Waals surface area contributed by atoms with E-state index in [0.29, 0.717) is 0 Å². The van der Waals surface area contributed by atoms with Crippen LogP contribution >= 0.6 is 0 Å². The minimum absolute atomic E-state index is 0.172. The number of aromatic nitrogens is 1. The number of hydrogen-bond acceptors (Lipinski definition) is 4. The number of nitrogens with zero attached hydrogens (tertiary/aromatic N) is 1. The maximum absolute atomic E-state index is 9.71. The first kappa shape index (κ1) is 14.1. The van der Waals surface area contributed by atoms with Crippen molar-refractivity contribution in [2.24, 2.45) is 0 Å². The largest absolute Gasteiger partial charge is 0.394 e. The second kappa shape index (κ2) is 6.75. The summed E-state index contributed by atoms with van der Waals surface area (Å²) < 4.78 is 0. The number of rotatable bonds is 6. The average Bonchev–Trinajstić information content (AvgIpc) is 2.46. The molecule has 0 spiro atoms. The maximum Gasteiger partial charge on any atom is 0.128 e. The van der Waals surface area contributed by atoms with Gasteiger partial charge in [0.05, 0.1) is 12.1 Å². The molecular formula is C15H25N3O. The van der Waals surface area contributed by atoms with E-state index in [2.05, 4.69) is 22.5 Å². The molecule has 0 bridgehead atoms. The monoisotopic (exact) mass is 263 g/mol. The van der Waals surface area contributed by atoms with Crippen LogP contribution in [-0.4, -0.2) is 28.8 Å². The van der Waals surface area contributed by atoms with Crippen molar-refractivity contribution in [1.82, 2.24) is 4.98 Å². The van der Waals surface area contributed by atoms with Crippen molar-refractivity contribution in [3.05, 3.63) is 18.2 Å². The third kappa shape index (κ3) is 3.83. The predicted molar refractivity (Wildman–Crippen MR) is 79.5 cm³/mol. The average molecular weight is 263 g/mol. The normalized spacial score (nSPS) is 18.0. The quantitative estimate of drug-likeness (QED) is 0.738. The van der Waals surface area contributed by atoms with E-state index in [1.807, 2.05) is 18.2 Å². The molecule has 106 valence electrons. The molecule has 0 aromatic carbocycles. The SMILES string of the molecule is CCCNc1cccc(NC2(CO)CCCCC2)n1. The minimum atomic E-state index is -0.172. The van der Waals surface area contributed by atoms with E-state index >= 15 is 0 Å². The Balaban J connectivity index is 2.04. The van der Waals surface area contributed by atoms with Gasteiger partial charge in [0.25, 0.3) is 0 Å². The molecule has 0 aliphatic heterocycles. The van der Waals surface area contributed by atoms with Gasteiger partial charge in [-0.3, -0.25) is 0 Å². The zero-order chi connectivity index (χ0) is 13.6. The van der Waals surface area contributed by atoms with Crippen molar-refractivity contribution < 1.29 is 5.11 Å². The van der Waals surface area contributed by atoms with Crippen LogP contribution < -0.4 is 10.6 Å². The van der Waals surface area contributed by atoms with Gasteiger partial charge in [-0.1, -0.05) is 32.3 Å². The van der Waals surface area contributed by atoms with E-state index in [9.17, 15) is 5.11 Å². The molecule has 1 aliphatic rings. The standard InChI is InChI=1S/C15H25N3O/c1-2-11-16-13-7-6-8-14(17-13)18-15(12-19)9-4-3-5-10-15/h6-8,19H,2-5,9-12H2,1H3,(H2,16,17,18). The molecule has 4 nitrogen and oxygen atoms in total. The summed E-state index contributed by atoms with van der Waals surface area (Å²) in [6, 6.07) is 5.96. The number of pyridine rings is 1. The summed E-state index contributed by atoms with van der Waals surface area (Å²) in [6.45, 7) is 3.25. The summed E-state index contributed by atoms with van der Waals surface area (Å²) >= 11 is 0. The van der Waals surface area contributed by atoms with Gasteiger partial charge in [-0.2, -0.15) is 0 Å². The second-order valence-corrected chi connectivity index (χ2v) is 5.46. The first-order valence-electron chi connectivity index (χ1n) is 7.38. The van der Waals surface area contributed by atoms with Crippen LogP contribution in [0.15, 0.2) is 18.2 Å². The highest BCUT2D eigenvalue weighted by molar-refractivity contribution is 5.46. The zero-order valence-electron chi connectivity index (χ0n) is 11.8. The molecule has 1 aromatic rings. The van der Waals surface area contributed by atoms with Crippen molar-refractivity contribution in [2.75, 3.05) is 23.8 Å². The highest BCUT2D eigenvalue weighted by Gasteiger charge is 2.31. The molecule has 0 saturated heterocycles. The van der Waals surface area contributed by atoms with Crippen LogP contribution in [0.25, 0.3) is 0 Å². The Morgan fingerprint density at radius 3 is 2.63 bits per heavy atom. The van der Waals surface area contributed by atoms with Gasteiger partial charge in [-0.15, -0.1) is 0 Å². The molecule has 4 heteroatoms. The lowest BCUT2D eigenvalue weighted by atomic mass is 9.82. The fraction of sp³-hybridized carbons (Fsp3) is 0.667. The lowest BCUT2D eigenvalue weighted by Gasteiger charge is -2.37. The summed E-state index contributed by atoms with van der Waals surface area (Å²) in [7, 11) is 0. The Labute approximate surface area is 115 Å². The summed E-state index contributed by atoms with van der Waals surface area (Å²) in [5.74, 6) is 1.76. The van der Waals surface area contributed by atoms with Gasteiger partial charge < -0.3 is 15.7 Å². The smallest absolute Gasteiger partial charge is 0.128 e. The molecule has 1 heterocycles. The topological polar surface area (TPSA) is 57.2 Å². The fourth-order valence-corrected chi connectivity index (χ4v) is 2.68. The number of hydrogen-bond donors (Lipinski definition) is 3. The molecular weight excluding hydrogens is 238 g/mol. The summed E-state index contributed by atoms with van der Waals surface area (Å²) in [6.07, 6.45) is 6.77. The van der Waals surface area contributed by atoms with Crippen LogP contribution in [0, 0.1) is 0 Å². The molecule has 3 N–H and O–H groups in total. The maximum atomic E-state index is 9.71. The predicted octanol–water partition coefficient (Wildman–Crippen LogP) is 3.01. The highest BCUT2D eigenvalue weighted by Crippen LogP contribution is 2.31. The summed E-state index contributed by atoms with van der Waals surface area (Å²) in [5, 5.41) is 16.5. The Kier molecular flexibility index (Phi) is 5.02. The van der Waals surface area contributed by atoms with Crippen LogP contribution in [0.5, 0.6) is 0 Å². The van der Waals surface area contributed by atoms with Crippen LogP contribution in [0.3, 0.4) is 0 Å². The Morgan fingerprint density at radius 2 is 1.95 bits per heavy atom. The van der Waals surface area contributed by atoms with Crippen LogP contribution in [0.4, 0.5) is 11.6 Å². The van der Waals surface area contributed by atoms with Crippen molar-refractivity contribution in [1.29, 1.82) is 0 Å². The molecule has 1 aliphatic carbocycles. The van der Waals surface area contributed by atoms with Crippen LogP contribution in [-0.2, 0) is 0 Å². The summed E-state index contributed by atoms with van der Waals surface area (Å²) in [4.78, 5) is 4.56. The van der Waals surface area contributed by atoms with Gasteiger partial charge in [0.15, 0.2) is 0 Å². The van der Waals surface area contributed by atoms with Crippen LogP contribution in [0.2, 0.25) is 0 Å². The van der Waals surface area contributed by atoms with Gasteiger partial charge in [0.2, 0.25) is 0 Å². The molecule has 0 radical (unpaired) electrons. The van der Waals surface area contributed by atoms with Crippen molar-refractivity contribution >= 4 is 11.6 Å². The lowest BCUT2D eigenvalue weighted by Crippen LogP contribution is -2.44. The molecule has 19 heavy (non-hydrogen) atoms. The van der Waals surface area contributed by atoms with E-state index in [1.54, 1.807) is 0 Å². The van der Waals surface area contributed by atoms with Gasteiger partial charge >= 0.3 is 0 Å². The van der Waals surface area contributed by atoms with Gasteiger partial charge in [0.1, 0.15) is 11.6 Å². The second-order valence-electron chi connectivity index (χ2n) is 5.46. The van der Waals surface area contributed by atoms with E-state index in [0.717, 1.165) is 37.4 Å². The Bertz CT molecular complexity index is 389. The summed E-state index contributed by atoms with van der Waals surface area (Å²) in [5.41, 5.74) is -0.172. The van der Waals surface area contributed by atoms with Gasteiger partial charge in [-0.25, -0.2) is 4.98 Å². The van der Waals surface area contributed by atoms with Crippen molar-refractivity contribution in [2.45, 2.75) is 51.0 Å². The molecule has 0 unspecified atom stereocenters. The molecule has 1 fully saturated rings. The minimum Gasteiger partial charge on any atom is -0.394 e. The number of aliphatic hydroxyl groups is 1. The van der Waals surface area contributed by atoms with E-state index in [4.69, 9.17) is 0 Å². The molecule has 1 saturated carbocycles. The zero-order valence-corrected chi connectivity index (χ0v) is 11.8.